The molecule has 18 nitrogen and oxygen atoms in total. The minimum absolute atomic E-state index is 0.178. The molecule has 246 valence electrons. The number of nitrogens with one attached hydrogen (secondary N) is 1. The number of amides is 2. The number of aromatic hydroxyl groups is 1. The van der Waals surface area contributed by atoms with Crippen LogP contribution in [-0.2, 0) is 36.8 Å². The van der Waals surface area contributed by atoms with Gasteiger partial charge < -0.3 is 21.9 Å². The number of phenols is 1. The van der Waals surface area contributed by atoms with Crippen molar-refractivity contribution in [2.24, 2.45) is 16.0 Å². The van der Waals surface area contributed by atoms with E-state index >= 15 is 0 Å². The van der Waals surface area contributed by atoms with Crippen molar-refractivity contribution in [1.29, 1.82) is 0 Å². The Morgan fingerprint density at radius 1 is 0.809 bits per heavy atom. The Hall–Kier alpha value is -5.16. The molecular formula is C26H22N6O12S3. The summed E-state index contributed by atoms with van der Waals surface area (Å²) in [6, 6.07) is 10.6. The summed E-state index contributed by atoms with van der Waals surface area (Å²) in [5, 5.41) is 33.6. The van der Waals surface area contributed by atoms with Crippen molar-refractivity contribution in [3.8, 4) is 5.75 Å². The number of allylic oxidation sites excluding steroid dienone is 1. The number of azo groups is 1. The van der Waals surface area contributed by atoms with E-state index in [0.717, 1.165) is 24.3 Å². The Labute approximate surface area is 265 Å². The molecule has 0 radical (unpaired) electrons. The van der Waals surface area contributed by atoms with Gasteiger partial charge in [0.25, 0.3) is 30.4 Å². The van der Waals surface area contributed by atoms with Gasteiger partial charge in [-0.05, 0) is 58.8 Å². The van der Waals surface area contributed by atoms with Gasteiger partial charge in [0.15, 0.2) is 0 Å². The topological polar surface area (TPSA) is 313 Å². The highest BCUT2D eigenvalue weighted by atomic mass is 32.2. The number of carbonyl (C=O) groups is 1. The summed E-state index contributed by atoms with van der Waals surface area (Å²) in [7, 11) is -14.4. The molecule has 4 aromatic carbocycles. The number of hydrogen-bond donors (Lipinski definition) is 8. The fraction of sp³-hybridized carbons (Fsp3) is 0.0385. The van der Waals surface area contributed by atoms with E-state index in [1.165, 1.54) is 36.4 Å². The number of nitrogen functional groups attached to an aromatic ring is 1. The summed E-state index contributed by atoms with van der Waals surface area (Å²) in [5.74, 6) is -0.753. The van der Waals surface area contributed by atoms with Gasteiger partial charge in [-0.25, -0.2) is 9.86 Å². The van der Waals surface area contributed by atoms with Crippen LogP contribution in [0.4, 0.5) is 33.2 Å². The first-order chi connectivity index (χ1) is 21.7. The quantitative estimate of drug-likeness (QED) is 0.0590. The van der Waals surface area contributed by atoms with Gasteiger partial charge in [-0.3, -0.25) is 18.9 Å². The largest absolute Gasteiger partial charge is 0.507 e. The van der Waals surface area contributed by atoms with Crippen molar-refractivity contribution >= 4 is 81.3 Å². The van der Waals surface area contributed by atoms with Crippen LogP contribution < -0.4 is 21.8 Å². The molecule has 4 aromatic rings. The minimum Gasteiger partial charge on any atom is -0.507 e. The molecule has 47 heavy (non-hydrogen) atoms. The van der Waals surface area contributed by atoms with Gasteiger partial charge in [0, 0.05) is 18.1 Å². The maximum absolute atomic E-state index is 12.5. The van der Waals surface area contributed by atoms with Crippen LogP contribution in [0.1, 0.15) is 11.1 Å². The second-order valence-electron chi connectivity index (χ2n) is 9.97. The number of carbonyl (C=O) groups excluding carboxylic acids is 1. The van der Waals surface area contributed by atoms with E-state index in [1.54, 1.807) is 0 Å². The Morgan fingerprint density at radius 3 is 2.06 bits per heavy atom. The molecule has 0 spiro atoms. The number of urea groups is 1. The third kappa shape index (κ3) is 6.71. The predicted molar refractivity (Wildman–Crippen MR) is 166 cm³/mol. The number of hydrogen-bond acceptors (Lipinski definition) is 13. The lowest BCUT2D eigenvalue weighted by molar-refractivity contribution is 0.259. The van der Waals surface area contributed by atoms with E-state index in [9.17, 15) is 54.0 Å². The number of benzene rings is 4. The summed E-state index contributed by atoms with van der Waals surface area (Å²) in [4.78, 5) is 9.87. The van der Waals surface area contributed by atoms with Gasteiger partial charge in [-0.1, -0.05) is 12.1 Å². The maximum atomic E-state index is 12.5. The number of rotatable bonds is 7. The molecule has 1 heterocycles. The molecular weight excluding hydrogens is 685 g/mol. The Bertz CT molecular complexity index is 2410. The van der Waals surface area contributed by atoms with Crippen LogP contribution in [0.25, 0.3) is 16.5 Å². The van der Waals surface area contributed by atoms with Crippen LogP contribution in [0.15, 0.2) is 85.6 Å². The number of anilines is 3. The van der Waals surface area contributed by atoms with Crippen LogP contribution in [0, 0.1) is 0 Å². The molecule has 0 unspecified atom stereocenters. The smallest absolute Gasteiger partial charge is 0.316 e. The van der Waals surface area contributed by atoms with Crippen molar-refractivity contribution in [2.45, 2.75) is 16.2 Å². The molecule has 0 saturated carbocycles. The standard InChI is InChI=1S/C26H22N6O12S3/c27-19-9-17(46(39,40)41)7-14-8-23(47(42,43)44)25(32(35)24(14)19)18-10-20(29-26(28)34)21(11-22(18)33)31-30-15-3-1-13-6-16(45(36,37)38)4-2-12(13)5-15/h1-7,9-11,33,35H,8,27H2,(H3,28,29,34)(H,36,37,38)(H,39,40,41)(H,42,43,44). The SMILES string of the molecule is NC(=O)Nc1cc(C2=C(S(=O)(=O)O)Cc3cc(S(=O)(=O)O)cc(N)c3N2O)c(O)cc1N=Nc1ccc2cc(S(=O)(=O)O)ccc2c1. The van der Waals surface area contributed by atoms with Crippen LogP contribution in [0.2, 0.25) is 0 Å². The van der Waals surface area contributed by atoms with Crippen molar-refractivity contribution < 1.29 is 54.0 Å². The lowest BCUT2D eigenvalue weighted by atomic mass is 9.98. The molecule has 21 heteroatoms. The summed E-state index contributed by atoms with van der Waals surface area (Å²) in [6.07, 6.45) is -0.763. The summed E-state index contributed by atoms with van der Waals surface area (Å²) in [5.41, 5.74) is 8.70. The van der Waals surface area contributed by atoms with Gasteiger partial charge in [0.1, 0.15) is 16.3 Å². The van der Waals surface area contributed by atoms with Gasteiger partial charge in [-0.2, -0.15) is 30.4 Å². The number of nitrogens with two attached hydrogens (primary N) is 2. The van der Waals surface area contributed by atoms with E-state index < -0.39 is 75.3 Å². The molecule has 0 saturated heterocycles. The van der Waals surface area contributed by atoms with Gasteiger partial charge in [-0.15, -0.1) is 5.11 Å². The lowest BCUT2D eigenvalue weighted by Gasteiger charge is -2.31. The highest BCUT2D eigenvalue weighted by molar-refractivity contribution is 7.90. The molecule has 1 aliphatic rings. The average molecular weight is 707 g/mol. The number of hydroxylamine groups is 1. The highest BCUT2D eigenvalue weighted by Gasteiger charge is 2.36. The van der Waals surface area contributed by atoms with Crippen LogP contribution in [0.5, 0.6) is 5.75 Å². The molecule has 0 fully saturated rings. The van der Waals surface area contributed by atoms with E-state index in [4.69, 9.17) is 11.5 Å². The fourth-order valence-corrected chi connectivity index (χ4v) is 6.68. The maximum Gasteiger partial charge on any atom is 0.316 e. The molecule has 0 atom stereocenters. The highest BCUT2D eigenvalue weighted by Crippen LogP contribution is 2.46. The van der Waals surface area contributed by atoms with E-state index in [-0.39, 0.29) is 38.3 Å². The predicted octanol–water partition coefficient (Wildman–Crippen LogP) is 3.54. The second-order valence-corrected chi connectivity index (χ2v) is 14.3. The van der Waals surface area contributed by atoms with E-state index in [2.05, 4.69) is 15.5 Å². The third-order valence-electron chi connectivity index (χ3n) is 6.83. The fourth-order valence-electron chi connectivity index (χ4n) is 4.82. The zero-order valence-corrected chi connectivity index (χ0v) is 25.7. The average Bonchev–Trinajstić information content (AvgIpc) is 2.94. The van der Waals surface area contributed by atoms with Crippen LogP contribution in [0.3, 0.4) is 0 Å². The van der Waals surface area contributed by atoms with Crippen molar-refractivity contribution in [3.05, 3.63) is 76.7 Å². The number of phenolic OH excluding ortho intramolecular Hbond substituents is 1. The van der Waals surface area contributed by atoms with E-state index in [0.29, 0.717) is 10.8 Å². The van der Waals surface area contributed by atoms with Crippen molar-refractivity contribution in [2.75, 3.05) is 16.1 Å². The molecule has 1 aliphatic heterocycles. The normalized spacial score (nSPS) is 14.1. The van der Waals surface area contributed by atoms with Crippen molar-refractivity contribution in [1.82, 2.24) is 0 Å². The van der Waals surface area contributed by atoms with Crippen LogP contribution >= 0.6 is 0 Å². The van der Waals surface area contributed by atoms with Crippen molar-refractivity contribution in [3.63, 3.8) is 0 Å². The second kappa shape index (κ2) is 11.6. The number of primary amides is 1. The lowest BCUT2D eigenvalue weighted by Crippen LogP contribution is -2.28. The van der Waals surface area contributed by atoms with Gasteiger partial charge in [0.05, 0.1) is 38.2 Å². The Morgan fingerprint density at radius 2 is 1.45 bits per heavy atom. The summed E-state index contributed by atoms with van der Waals surface area (Å²) in [6.45, 7) is 0. The molecule has 10 N–H and O–H groups in total. The first-order valence-electron chi connectivity index (χ1n) is 12.7. The monoisotopic (exact) mass is 706 g/mol. The first kappa shape index (κ1) is 33.2. The third-order valence-corrected chi connectivity index (χ3v) is 9.47. The molecule has 5 rings (SSSR count). The molecule has 0 aromatic heterocycles. The minimum atomic E-state index is -5.19. The van der Waals surface area contributed by atoms with E-state index in [1.807, 2.05) is 0 Å². The Balaban J connectivity index is 1.62. The van der Waals surface area contributed by atoms with Gasteiger partial charge in [0.2, 0.25) is 0 Å². The Kier molecular flexibility index (Phi) is 8.18. The first-order valence-corrected chi connectivity index (χ1v) is 17.0. The summed E-state index contributed by atoms with van der Waals surface area (Å²) >= 11 is 0. The van der Waals surface area contributed by atoms with Gasteiger partial charge >= 0.3 is 6.03 Å². The summed E-state index contributed by atoms with van der Waals surface area (Å²) < 4.78 is 99.9. The zero-order valence-electron chi connectivity index (χ0n) is 23.3. The molecule has 2 amide bonds. The van der Waals surface area contributed by atoms with Crippen LogP contribution in [-0.4, -0.2) is 55.3 Å². The number of fused-ring (bicyclic) bond motifs is 2. The zero-order chi connectivity index (χ0) is 34.6. The number of nitrogens with zero attached hydrogens (tertiary/aromatic N) is 3. The molecule has 0 aliphatic carbocycles. The molecule has 0 bridgehead atoms.